The minimum Gasteiger partial charge on any atom is -0.356 e. The van der Waals surface area contributed by atoms with Crippen molar-refractivity contribution < 1.29 is 4.39 Å². The summed E-state index contributed by atoms with van der Waals surface area (Å²) in [6.45, 7) is 1.99. The quantitative estimate of drug-likeness (QED) is 0.815. The lowest BCUT2D eigenvalue weighted by molar-refractivity contribution is 0.631. The summed E-state index contributed by atoms with van der Waals surface area (Å²) in [5.41, 5.74) is 1.40. The number of rotatable bonds is 3. The highest BCUT2D eigenvalue weighted by molar-refractivity contribution is 7.80. The standard InChI is InChI=1S/C15H14ClFN2S/c1-10(11-5-3-2-4-6-11)18-15(20)19-14-8-7-12(16)9-13(14)17/h2-10H,1H3,(H2,18,19,20). The molecule has 2 rings (SSSR count). The van der Waals surface area contributed by atoms with Gasteiger partial charge in [0, 0.05) is 5.02 Å². The van der Waals surface area contributed by atoms with Crippen LogP contribution in [-0.4, -0.2) is 5.11 Å². The van der Waals surface area contributed by atoms with Gasteiger partial charge in [-0.15, -0.1) is 0 Å². The SMILES string of the molecule is CC(NC(=S)Nc1ccc(Cl)cc1F)c1ccccc1. The first kappa shape index (κ1) is 14.8. The third-order valence-electron chi connectivity index (χ3n) is 2.83. The molecule has 0 aliphatic heterocycles. The van der Waals surface area contributed by atoms with Crippen molar-refractivity contribution in [3.05, 3.63) is 64.9 Å². The smallest absolute Gasteiger partial charge is 0.171 e. The average molecular weight is 309 g/mol. The van der Waals surface area contributed by atoms with E-state index in [1.54, 1.807) is 12.1 Å². The molecule has 0 heterocycles. The van der Waals surface area contributed by atoms with E-state index in [1.807, 2.05) is 37.3 Å². The van der Waals surface area contributed by atoms with E-state index in [4.69, 9.17) is 23.8 Å². The summed E-state index contributed by atoms with van der Waals surface area (Å²) in [5, 5.41) is 6.65. The first-order valence-electron chi connectivity index (χ1n) is 6.14. The maximum absolute atomic E-state index is 13.6. The molecule has 2 N–H and O–H groups in total. The molecule has 1 unspecified atom stereocenters. The van der Waals surface area contributed by atoms with Crippen molar-refractivity contribution in [3.8, 4) is 0 Å². The number of hydrogen-bond donors (Lipinski definition) is 2. The molecule has 0 spiro atoms. The topological polar surface area (TPSA) is 24.1 Å². The molecule has 2 nitrogen and oxygen atoms in total. The predicted octanol–water partition coefficient (Wildman–Crippen LogP) is 4.53. The Balaban J connectivity index is 1.99. The van der Waals surface area contributed by atoms with E-state index in [9.17, 15) is 4.39 Å². The van der Waals surface area contributed by atoms with Gasteiger partial charge < -0.3 is 10.6 Å². The fraction of sp³-hybridized carbons (Fsp3) is 0.133. The predicted molar refractivity (Wildman–Crippen MR) is 85.6 cm³/mol. The molecule has 0 saturated carbocycles. The van der Waals surface area contributed by atoms with E-state index in [1.165, 1.54) is 6.07 Å². The average Bonchev–Trinajstić information content (AvgIpc) is 2.43. The Morgan fingerprint density at radius 2 is 1.90 bits per heavy atom. The zero-order valence-corrected chi connectivity index (χ0v) is 12.4. The van der Waals surface area contributed by atoms with Gasteiger partial charge in [0.1, 0.15) is 5.82 Å². The van der Waals surface area contributed by atoms with Gasteiger partial charge in [0.25, 0.3) is 0 Å². The van der Waals surface area contributed by atoms with Crippen LogP contribution in [-0.2, 0) is 0 Å². The molecule has 0 aromatic heterocycles. The monoisotopic (exact) mass is 308 g/mol. The van der Waals surface area contributed by atoms with E-state index in [-0.39, 0.29) is 6.04 Å². The van der Waals surface area contributed by atoms with Gasteiger partial charge in [-0.2, -0.15) is 0 Å². The van der Waals surface area contributed by atoms with Gasteiger partial charge in [-0.1, -0.05) is 41.9 Å². The number of benzene rings is 2. The molecule has 0 radical (unpaired) electrons. The summed E-state index contributed by atoms with van der Waals surface area (Å²) in [6, 6.07) is 14.3. The van der Waals surface area contributed by atoms with Gasteiger partial charge in [0.15, 0.2) is 5.11 Å². The van der Waals surface area contributed by atoms with Crippen LogP contribution in [0, 0.1) is 5.82 Å². The third kappa shape index (κ3) is 3.92. The van der Waals surface area contributed by atoms with Crippen molar-refractivity contribution in [2.24, 2.45) is 0 Å². The van der Waals surface area contributed by atoms with Crippen LogP contribution in [0.1, 0.15) is 18.5 Å². The third-order valence-corrected chi connectivity index (χ3v) is 3.28. The van der Waals surface area contributed by atoms with Crippen molar-refractivity contribution in [2.45, 2.75) is 13.0 Å². The number of anilines is 1. The normalized spacial score (nSPS) is 11.8. The molecule has 5 heteroatoms. The molecule has 0 bridgehead atoms. The number of thiocarbonyl (C=S) groups is 1. The highest BCUT2D eigenvalue weighted by atomic mass is 35.5. The fourth-order valence-electron chi connectivity index (χ4n) is 1.77. The summed E-state index contributed by atoms with van der Waals surface area (Å²) < 4.78 is 13.6. The van der Waals surface area contributed by atoms with E-state index in [0.29, 0.717) is 15.8 Å². The first-order chi connectivity index (χ1) is 9.56. The molecule has 104 valence electrons. The van der Waals surface area contributed by atoms with Crippen LogP contribution >= 0.6 is 23.8 Å². The van der Waals surface area contributed by atoms with Gasteiger partial charge in [-0.3, -0.25) is 0 Å². The summed E-state index contributed by atoms with van der Waals surface area (Å²) in [5.74, 6) is -0.436. The Hall–Kier alpha value is -1.65. The molecule has 0 amide bonds. The van der Waals surface area contributed by atoms with Gasteiger partial charge in [-0.25, -0.2) is 4.39 Å². The largest absolute Gasteiger partial charge is 0.356 e. The van der Waals surface area contributed by atoms with Gasteiger partial charge >= 0.3 is 0 Å². The number of hydrogen-bond acceptors (Lipinski definition) is 1. The molecule has 2 aromatic rings. The van der Waals surface area contributed by atoms with Crippen LogP contribution in [0.3, 0.4) is 0 Å². The molecule has 1 atom stereocenters. The molecule has 20 heavy (non-hydrogen) atoms. The minimum atomic E-state index is -0.436. The second kappa shape index (κ2) is 6.68. The molecular formula is C15H14ClFN2S. The van der Waals surface area contributed by atoms with Crippen molar-refractivity contribution in [3.63, 3.8) is 0 Å². The van der Waals surface area contributed by atoms with Crippen LogP contribution in [0.5, 0.6) is 0 Å². The maximum Gasteiger partial charge on any atom is 0.171 e. The van der Waals surface area contributed by atoms with Crippen molar-refractivity contribution in [2.75, 3.05) is 5.32 Å². The van der Waals surface area contributed by atoms with Crippen LogP contribution in [0.25, 0.3) is 0 Å². The highest BCUT2D eigenvalue weighted by Crippen LogP contribution is 2.19. The van der Waals surface area contributed by atoms with Crippen LogP contribution < -0.4 is 10.6 Å². The summed E-state index contributed by atoms with van der Waals surface area (Å²) in [7, 11) is 0. The van der Waals surface area contributed by atoms with Crippen LogP contribution in [0.15, 0.2) is 48.5 Å². The van der Waals surface area contributed by atoms with Gasteiger partial charge in [0.05, 0.1) is 11.7 Å². The van der Waals surface area contributed by atoms with E-state index in [2.05, 4.69) is 10.6 Å². The first-order valence-corrected chi connectivity index (χ1v) is 6.92. The van der Waals surface area contributed by atoms with E-state index >= 15 is 0 Å². The summed E-state index contributed by atoms with van der Waals surface area (Å²) in [6.07, 6.45) is 0. The molecular weight excluding hydrogens is 295 g/mol. The second-order valence-electron chi connectivity index (χ2n) is 4.36. The Kier molecular flexibility index (Phi) is 4.93. The zero-order chi connectivity index (χ0) is 14.5. The fourth-order valence-corrected chi connectivity index (χ4v) is 2.22. The summed E-state index contributed by atoms with van der Waals surface area (Å²) in [4.78, 5) is 0. The lowest BCUT2D eigenvalue weighted by Gasteiger charge is -2.17. The molecule has 0 aliphatic carbocycles. The molecule has 0 aliphatic rings. The van der Waals surface area contributed by atoms with Crippen LogP contribution in [0.4, 0.5) is 10.1 Å². The Morgan fingerprint density at radius 1 is 1.20 bits per heavy atom. The van der Waals surface area contributed by atoms with Gasteiger partial charge in [-0.05, 0) is 42.9 Å². The minimum absolute atomic E-state index is 0.0339. The van der Waals surface area contributed by atoms with Crippen molar-refractivity contribution in [1.29, 1.82) is 0 Å². The second-order valence-corrected chi connectivity index (χ2v) is 5.20. The molecule has 0 saturated heterocycles. The lowest BCUT2D eigenvalue weighted by Crippen LogP contribution is -2.31. The number of halogens is 2. The number of nitrogens with one attached hydrogen (secondary N) is 2. The van der Waals surface area contributed by atoms with Gasteiger partial charge in [0.2, 0.25) is 0 Å². The van der Waals surface area contributed by atoms with E-state index in [0.717, 1.165) is 5.56 Å². The zero-order valence-electron chi connectivity index (χ0n) is 10.9. The Morgan fingerprint density at radius 3 is 2.55 bits per heavy atom. The maximum atomic E-state index is 13.6. The van der Waals surface area contributed by atoms with E-state index < -0.39 is 5.82 Å². The lowest BCUT2D eigenvalue weighted by atomic mass is 10.1. The highest BCUT2D eigenvalue weighted by Gasteiger charge is 2.08. The molecule has 2 aromatic carbocycles. The molecule has 0 fully saturated rings. The van der Waals surface area contributed by atoms with Crippen molar-refractivity contribution >= 4 is 34.6 Å². The Labute approximate surface area is 128 Å². The van der Waals surface area contributed by atoms with Crippen LogP contribution in [0.2, 0.25) is 5.02 Å². The Bertz CT molecular complexity index is 604. The van der Waals surface area contributed by atoms with Crippen molar-refractivity contribution in [1.82, 2.24) is 5.32 Å². The summed E-state index contributed by atoms with van der Waals surface area (Å²) >= 11 is 10.9.